The highest BCUT2D eigenvalue weighted by atomic mass is 16.2. The van der Waals surface area contributed by atoms with Gasteiger partial charge in [-0.05, 0) is 54.7 Å². The standard InChI is InChI=1S/C26H28N2O/c1-20-9-8-14-25(21(20)2)27-15-17-28(18-16-27)26(29)24-13-7-6-12-23(24)19-22-10-4-3-5-11-22/h3-14H,15-19H2,1-2H3. The number of piperazine rings is 1. The fourth-order valence-electron chi connectivity index (χ4n) is 4.10. The van der Waals surface area contributed by atoms with Crippen LogP contribution < -0.4 is 4.90 Å². The van der Waals surface area contributed by atoms with Crippen molar-refractivity contribution >= 4 is 11.6 Å². The van der Waals surface area contributed by atoms with Crippen molar-refractivity contribution in [3.05, 3.63) is 101 Å². The van der Waals surface area contributed by atoms with Gasteiger partial charge in [0.15, 0.2) is 0 Å². The SMILES string of the molecule is Cc1cccc(N2CCN(C(=O)c3ccccc3Cc3ccccc3)CC2)c1C. The summed E-state index contributed by atoms with van der Waals surface area (Å²) in [6.07, 6.45) is 0.783. The van der Waals surface area contributed by atoms with E-state index in [2.05, 4.69) is 55.1 Å². The first-order valence-corrected chi connectivity index (χ1v) is 10.4. The Kier molecular flexibility index (Phi) is 5.66. The first-order chi connectivity index (χ1) is 14.1. The molecule has 0 aromatic heterocycles. The zero-order valence-corrected chi connectivity index (χ0v) is 17.3. The molecule has 1 heterocycles. The highest BCUT2D eigenvalue weighted by molar-refractivity contribution is 5.96. The van der Waals surface area contributed by atoms with E-state index < -0.39 is 0 Å². The Balaban J connectivity index is 1.47. The Labute approximate surface area is 173 Å². The number of carbonyl (C=O) groups excluding carboxylic acids is 1. The lowest BCUT2D eigenvalue weighted by Gasteiger charge is -2.37. The van der Waals surface area contributed by atoms with E-state index in [9.17, 15) is 4.79 Å². The molecule has 0 atom stereocenters. The van der Waals surface area contributed by atoms with Gasteiger partial charge in [0, 0.05) is 37.4 Å². The van der Waals surface area contributed by atoms with Gasteiger partial charge in [0.1, 0.15) is 0 Å². The first-order valence-electron chi connectivity index (χ1n) is 10.4. The number of nitrogens with zero attached hydrogens (tertiary/aromatic N) is 2. The van der Waals surface area contributed by atoms with Crippen LogP contribution in [0, 0.1) is 13.8 Å². The third-order valence-corrected chi connectivity index (χ3v) is 5.97. The van der Waals surface area contributed by atoms with Gasteiger partial charge in [-0.3, -0.25) is 4.79 Å². The lowest BCUT2D eigenvalue weighted by atomic mass is 9.98. The minimum atomic E-state index is 0.150. The quantitative estimate of drug-likeness (QED) is 0.642. The zero-order valence-electron chi connectivity index (χ0n) is 17.3. The van der Waals surface area contributed by atoms with Crippen LogP contribution in [0.2, 0.25) is 0 Å². The van der Waals surface area contributed by atoms with Gasteiger partial charge in [-0.15, -0.1) is 0 Å². The van der Waals surface area contributed by atoms with Crippen LogP contribution in [-0.2, 0) is 6.42 Å². The Morgan fingerprint density at radius 2 is 1.48 bits per heavy atom. The molecule has 29 heavy (non-hydrogen) atoms. The van der Waals surface area contributed by atoms with E-state index in [1.165, 1.54) is 22.4 Å². The number of anilines is 1. The Morgan fingerprint density at radius 1 is 0.793 bits per heavy atom. The summed E-state index contributed by atoms with van der Waals surface area (Å²) < 4.78 is 0. The molecule has 0 aliphatic carbocycles. The zero-order chi connectivity index (χ0) is 20.2. The van der Waals surface area contributed by atoms with Crippen molar-refractivity contribution < 1.29 is 4.79 Å². The van der Waals surface area contributed by atoms with Crippen molar-refractivity contribution in [1.29, 1.82) is 0 Å². The summed E-state index contributed by atoms with van der Waals surface area (Å²) in [5.74, 6) is 0.150. The van der Waals surface area contributed by atoms with E-state index in [0.29, 0.717) is 0 Å². The van der Waals surface area contributed by atoms with Crippen LogP contribution in [0.1, 0.15) is 32.6 Å². The Morgan fingerprint density at radius 3 is 2.24 bits per heavy atom. The van der Waals surface area contributed by atoms with E-state index in [1.807, 2.05) is 41.3 Å². The van der Waals surface area contributed by atoms with Crippen molar-refractivity contribution in [3.63, 3.8) is 0 Å². The van der Waals surface area contributed by atoms with Gasteiger partial charge < -0.3 is 9.80 Å². The molecule has 3 aromatic rings. The fraction of sp³-hybridized carbons (Fsp3) is 0.269. The monoisotopic (exact) mass is 384 g/mol. The molecule has 0 N–H and O–H groups in total. The maximum Gasteiger partial charge on any atom is 0.254 e. The highest BCUT2D eigenvalue weighted by Crippen LogP contribution is 2.25. The third-order valence-electron chi connectivity index (χ3n) is 5.97. The summed E-state index contributed by atoms with van der Waals surface area (Å²) in [5, 5.41) is 0. The Hall–Kier alpha value is -3.07. The van der Waals surface area contributed by atoms with Gasteiger partial charge in [0.25, 0.3) is 5.91 Å². The number of benzene rings is 3. The normalized spacial score (nSPS) is 14.1. The summed E-state index contributed by atoms with van der Waals surface area (Å²) in [6.45, 7) is 7.59. The van der Waals surface area contributed by atoms with Crippen LogP contribution in [0.25, 0.3) is 0 Å². The molecule has 0 saturated carbocycles. The average Bonchev–Trinajstić information content (AvgIpc) is 2.76. The number of aryl methyl sites for hydroxylation is 1. The second-order valence-electron chi connectivity index (χ2n) is 7.82. The van der Waals surface area contributed by atoms with Crippen molar-refractivity contribution in [2.24, 2.45) is 0 Å². The lowest BCUT2D eigenvalue weighted by molar-refractivity contribution is 0.0746. The first kappa shape index (κ1) is 19.3. The van der Waals surface area contributed by atoms with Crippen LogP contribution in [-0.4, -0.2) is 37.0 Å². The highest BCUT2D eigenvalue weighted by Gasteiger charge is 2.24. The van der Waals surface area contributed by atoms with Crippen molar-refractivity contribution in [1.82, 2.24) is 4.90 Å². The van der Waals surface area contributed by atoms with E-state index in [4.69, 9.17) is 0 Å². The number of carbonyl (C=O) groups is 1. The molecule has 0 spiro atoms. The summed E-state index contributed by atoms with van der Waals surface area (Å²) in [6, 6.07) is 24.8. The predicted octanol–water partition coefficient (Wildman–Crippen LogP) is 4.86. The molecule has 1 aliphatic heterocycles. The van der Waals surface area contributed by atoms with E-state index in [0.717, 1.165) is 43.7 Å². The molecule has 4 rings (SSSR count). The smallest absolute Gasteiger partial charge is 0.254 e. The van der Waals surface area contributed by atoms with Crippen LogP contribution in [0.5, 0.6) is 0 Å². The third kappa shape index (κ3) is 4.19. The molecular weight excluding hydrogens is 356 g/mol. The number of amides is 1. The van der Waals surface area contributed by atoms with Gasteiger partial charge in [0.05, 0.1) is 0 Å². The summed E-state index contributed by atoms with van der Waals surface area (Å²) in [5.41, 5.74) is 7.10. The predicted molar refractivity (Wildman–Crippen MR) is 120 cm³/mol. The van der Waals surface area contributed by atoms with Crippen LogP contribution in [0.15, 0.2) is 72.8 Å². The molecule has 1 amide bonds. The van der Waals surface area contributed by atoms with Crippen LogP contribution in [0.3, 0.4) is 0 Å². The lowest BCUT2D eigenvalue weighted by Crippen LogP contribution is -2.49. The summed E-state index contributed by atoms with van der Waals surface area (Å²) >= 11 is 0. The van der Waals surface area contributed by atoms with Gasteiger partial charge in [0.2, 0.25) is 0 Å². The average molecular weight is 385 g/mol. The number of rotatable bonds is 4. The van der Waals surface area contributed by atoms with E-state index in [-0.39, 0.29) is 5.91 Å². The molecule has 0 unspecified atom stereocenters. The van der Waals surface area contributed by atoms with Crippen molar-refractivity contribution in [3.8, 4) is 0 Å². The number of hydrogen-bond donors (Lipinski definition) is 0. The molecule has 1 saturated heterocycles. The molecule has 1 aliphatic rings. The second-order valence-corrected chi connectivity index (χ2v) is 7.82. The maximum absolute atomic E-state index is 13.3. The largest absolute Gasteiger partial charge is 0.368 e. The molecule has 1 fully saturated rings. The van der Waals surface area contributed by atoms with Crippen molar-refractivity contribution in [2.75, 3.05) is 31.1 Å². The molecule has 0 radical (unpaired) electrons. The fourth-order valence-corrected chi connectivity index (χ4v) is 4.10. The summed E-state index contributed by atoms with van der Waals surface area (Å²) in [7, 11) is 0. The van der Waals surface area contributed by atoms with Gasteiger partial charge in [-0.1, -0.05) is 60.7 Å². The Bertz CT molecular complexity index is 989. The molecule has 3 aromatic carbocycles. The van der Waals surface area contributed by atoms with E-state index >= 15 is 0 Å². The minimum Gasteiger partial charge on any atom is -0.368 e. The van der Waals surface area contributed by atoms with Gasteiger partial charge in [-0.25, -0.2) is 0 Å². The molecule has 148 valence electrons. The van der Waals surface area contributed by atoms with Crippen LogP contribution >= 0.6 is 0 Å². The molecule has 3 heteroatoms. The summed E-state index contributed by atoms with van der Waals surface area (Å²) in [4.78, 5) is 17.7. The number of hydrogen-bond acceptors (Lipinski definition) is 2. The minimum absolute atomic E-state index is 0.150. The van der Waals surface area contributed by atoms with E-state index in [1.54, 1.807) is 0 Å². The molecule has 0 bridgehead atoms. The van der Waals surface area contributed by atoms with Crippen molar-refractivity contribution in [2.45, 2.75) is 20.3 Å². The topological polar surface area (TPSA) is 23.6 Å². The molecular formula is C26H28N2O. The second kappa shape index (κ2) is 8.52. The maximum atomic E-state index is 13.3. The molecule has 3 nitrogen and oxygen atoms in total. The van der Waals surface area contributed by atoms with Gasteiger partial charge in [-0.2, -0.15) is 0 Å². The van der Waals surface area contributed by atoms with Crippen LogP contribution in [0.4, 0.5) is 5.69 Å². The van der Waals surface area contributed by atoms with Gasteiger partial charge >= 0.3 is 0 Å².